The van der Waals surface area contributed by atoms with Gasteiger partial charge in [0.2, 0.25) is 0 Å². The van der Waals surface area contributed by atoms with Crippen molar-refractivity contribution in [3.8, 4) is 0 Å². The van der Waals surface area contributed by atoms with Gasteiger partial charge in [-0.3, -0.25) is 9.88 Å². The number of pyridine rings is 1. The molecule has 1 N–H and O–H groups in total. The lowest BCUT2D eigenvalue weighted by Gasteiger charge is -2.20. The van der Waals surface area contributed by atoms with Crippen molar-refractivity contribution in [3.63, 3.8) is 0 Å². The number of nitrogens with one attached hydrogen (secondary N) is 1. The molecule has 0 spiro atoms. The second-order valence-electron chi connectivity index (χ2n) is 6.39. The predicted octanol–water partition coefficient (Wildman–Crippen LogP) is 0.800. The van der Waals surface area contributed by atoms with Gasteiger partial charge in [-0.1, -0.05) is 6.07 Å². The minimum absolute atomic E-state index is 0.0354. The van der Waals surface area contributed by atoms with Gasteiger partial charge in [0.1, 0.15) is 0 Å². The lowest BCUT2D eigenvalue weighted by molar-refractivity contribution is 0.0938. The number of rotatable bonds is 4. The van der Waals surface area contributed by atoms with E-state index >= 15 is 0 Å². The molecule has 3 heterocycles. The maximum absolute atomic E-state index is 11.7. The number of fused-ring (bicyclic) bond motifs is 1. The van der Waals surface area contributed by atoms with Crippen LogP contribution in [0, 0.1) is 11.8 Å². The van der Waals surface area contributed by atoms with Gasteiger partial charge in [0.25, 0.3) is 0 Å². The van der Waals surface area contributed by atoms with Crippen LogP contribution in [-0.4, -0.2) is 67.3 Å². The van der Waals surface area contributed by atoms with Gasteiger partial charge in [-0.05, 0) is 12.1 Å². The van der Waals surface area contributed by atoms with Crippen LogP contribution in [0.25, 0.3) is 0 Å². The lowest BCUT2D eigenvalue weighted by atomic mass is 9.93. The molecule has 0 aliphatic carbocycles. The van der Waals surface area contributed by atoms with Crippen LogP contribution in [0.4, 0.5) is 4.79 Å². The van der Waals surface area contributed by atoms with Gasteiger partial charge in [-0.15, -0.1) is 0 Å². The summed E-state index contributed by atoms with van der Waals surface area (Å²) in [6.45, 7) is 4.28. The summed E-state index contributed by atoms with van der Waals surface area (Å²) in [5.41, 5.74) is 1.10. The largest absolute Gasteiger partial charge is 0.376 e. The van der Waals surface area contributed by atoms with Crippen LogP contribution in [0.5, 0.6) is 0 Å². The van der Waals surface area contributed by atoms with E-state index in [0.717, 1.165) is 31.9 Å². The van der Waals surface area contributed by atoms with E-state index in [1.807, 2.05) is 18.3 Å². The Morgan fingerprint density at radius 2 is 2.32 bits per heavy atom. The van der Waals surface area contributed by atoms with Gasteiger partial charge in [-0.2, -0.15) is 0 Å². The Kier molecular flexibility index (Phi) is 4.59. The van der Waals surface area contributed by atoms with E-state index in [9.17, 15) is 4.79 Å². The molecule has 0 radical (unpaired) electrons. The summed E-state index contributed by atoms with van der Waals surface area (Å²) in [7, 11) is 3.51. The monoisotopic (exact) mass is 304 g/mol. The average molecular weight is 304 g/mol. The van der Waals surface area contributed by atoms with Gasteiger partial charge < -0.3 is 15.0 Å². The van der Waals surface area contributed by atoms with Crippen molar-refractivity contribution < 1.29 is 9.53 Å². The van der Waals surface area contributed by atoms with E-state index in [1.54, 1.807) is 19.0 Å². The maximum atomic E-state index is 11.7. The highest BCUT2D eigenvalue weighted by molar-refractivity contribution is 5.73. The maximum Gasteiger partial charge on any atom is 0.316 e. The standard InChI is InChI=1S/C16H24N4O2/c1-19(2)16(21)18-7-12-11-22-15-10-20(9-14(12)15)8-13-5-3-4-6-17-13/h3-6,12,14-15H,7-11H2,1-2H3,(H,18,21)/t12-,14+,15+/m0/s1. The number of hydrogen-bond donors (Lipinski definition) is 1. The van der Waals surface area contributed by atoms with Crippen LogP contribution in [-0.2, 0) is 11.3 Å². The molecule has 0 bridgehead atoms. The Hall–Kier alpha value is -1.66. The van der Waals surface area contributed by atoms with Crippen molar-refractivity contribution in [1.82, 2.24) is 20.1 Å². The van der Waals surface area contributed by atoms with Crippen molar-refractivity contribution in [1.29, 1.82) is 0 Å². The van der Waals surface area contributed by atoms with Crippen LogP contribution in [0.15, 0.2) is 24.4 Å². The fraction of sp³-hybridized carbons (Fsp3) is 0.625. The van der Waals surface area contributed by atoms with Crippen molar-refractivity contribution in [3.05, 3.63) is 30.1 Å². The Labute approximate surface area is 131 Å². The summed E-state index contributed by atoms with van der Waals surface area (Å²) in [5.74, 6) is 0.911. The molecule has 0 unspecified atom stereocenters. The SMILES string of the molecule is CN(C)C(=O)NC[C@H]1CO[C@@H]2CN(Cc3ccccn3)C[C@H]12. The molecule has 6 nitrogen and oxygen atoms in total. The molecule has 22 heavy (non-hydrogen) atoms. The highest BCUT2D eigenvalue weighted by Crippen LogP contribution is 2.33. The third-order valence-electron chi connectivity index (χ3n) is 4.55. The summed E-state index contributed by atoms with van der Waals surface area (Å²) >= 11 is 0. The van der Waals surface area contributed by atoms with E-state index in [2.05, 4.69) is 21.3 Å². The second kappa shape index (κ2) is 6.62. The topological polar surface area (TPSA) is 57.7 Å². The Balaban J connectivity index is 1.51. The van der Waals surface area contributed by atoms with Crippen molar-refractivity contribution in [2.24, 2.45) is 11.8 Å². The second-order valence-corrected chi connectivity index (χ2v) is 6.39. The molecule has 2 aliphatic rings. The van der Waals surface area contributed by atoms with Crippen LogP contribution >= 0.6 is 0 Å². The molecule has 2 amide bonds. The molecule has 2 aliphatic heterocycles. The van der Waals surface area contributed by atoms with Crippen molar-refractivity contribution >= 4 is 6.03 Å². The normalized spacial score (nSPS) is 27.6. The zero-order valence-corrected chi connectivity index (χ0v) is 13.2. The minimum atomic E-state index is -0.0354. The van der Waals surface area contributed by atoms with E-state index in [-0.39, 0.29) is 6.03 Å². The number of carbonyl (C=O) groups is 1. The van der Waals surface area contributed by atoms with Crippen LogP contribution in [0.2, 0.25) is 0 Å². The Bertz CT molecular complexity index is 508. The number of likely N-dealkylation sites (tertiary alicyclic amines) is 1. The number of hydrogen-bond acceptors (Lipinski definition) is 4. The van der Waals surface area contributed by atoms with E-state index < -0.39 is 0 Å². The minimum Gasteiger partial charge on any atom is -0.376 e. The van der Waals surface area contributed by atoms with Gasteiger partial charge in [0, 0.05) is 58.3 Å². The van der Waals surface area contributed by atoms with Crippen LogP contribution in [0.3, 0.4) is 0 Å². The Morgan fingerprint density at radius 1 is 1.45 bits per heavy atom. The molecule has 3 atom stereocenters. The number of urea groups is 1. The zero-order valence-electron chi connectivity index (χ0n) is 13.2. The molecule has 2 fully saturated rings. The highest BCUT2D eigenvalue weighted by atomic mass is 16.5. The molecule has 0 saturated carbocycles. The first kappa shape index (κ1) is 15.2. The molecule has 2 saturated heterocycles. The smallest absolute Gasteiger partial charge is 0.316 e. The van der Waals surface area contributed by atoms with Gasteiger partial charge in [0.15, 0.2) is 0 Å². The number of carbonyl (C=O) groups excluding carboxylic acids is 1. The first-order valence-electron chi connectivity index (χ1n) is 7.82. The lowest BCUT2D eigenvalue weighted by Crippen LogP contribution is -2.39. The molecule has 1 aromatic rings. The first-order valence-corrected chi connectivity index (χ1v) is 7.82. The Morgan fingerprint density at radius 3 is 3.05 bits per heavy atom. The van der Waals surface area contributed by atoms with Crippen molar-refractivity contribution in [2.75, 3.05) is 40.3 Å². The molecule has 1 aromatic heterocycles. The van der Waals surface area contributed by atoms with E-state index in [0.29, 0.717) is 24.5 Å². The quantitative estimate of drug-likeness (QED) is 0.894. The summed E-state index contributed by atoms with van der Waals surface area (Å²) in [4.78, 5) is 20.0. The summed E-state index contributed by atoms with van der Waals surface area (Å²) < 4.78 is 5.92. The number of ether oxygens (including phenoxy) is 1. The summed E-state index contributed by atoms with van der Waals surface area (Å²) in [5, 5.41) is 2.98. The molecular weight excluding hydrogens is 280 g/mol. The molecule has 6 heteroatoms. The zero-order chi connectivity index (χ0) is 15.5. The highest BCUT2D eigenvalue weighted by Gasteiger charge is 2.43. The number of amides is 2. The number of aromatic nitrogens is 1. The third kappa shape index (κ3) is 3.39. The number of nitrogens with zero attached hydrogens (tertiary/aromatic N) is 3. The molecular formula is C16H24N4O2. The van der Waals surface area contributed by atoms with E-state index in [4.69, 9.17) is 4.74 Å². The van der Waals surface area contributed by atoms with Gasteiger partial charge in [0.05, 0.1) is 18.4 Å². The van der Waals surface area contributed by atoms with Gasteiger partial charge in [-0.25, -0.2) is 4.79 Å². The first-order chi connectivity index (χ1) is 10.6. The van der Waals surface area contributed by atoms with Crippen molar-refractivity contribution in [2.45, 2.75) is 12.6 Å². The van der Waals surface area contributed by atoms with E-state index in [1.165, 1.54) is 0 Å². The van der Waals surface area contributed by atoms with Crippen LogP contribution < -0.4 is 5.32 Å². The van der Waals surface area contributed by atoms with Crippen LogP contribution in [0.1, 0.15) is 5.69 Å². The van der Waals surface area contributed by atoms with Gasteiger partial charge >= 0.3 is 6.03 Å². The fourth-order valence-electron chi connectivity index (χ4n) is 3.32. The summed E-state index contributed by atoms with van der Waals surface area (Å²) in [6.07, 6.45) is 2.13. The summed E-state index contributed by atoms with van der Waals surface area (Å²) in [6, 6.07) is 5.99. The third-order valence-corrected chi connectivity index (χ3v) is 4.55. The predicted molar refractivity (Wildman–Crippen MR) is 83.3 cm³/mol. The molecule has 3 rings (SSSR count). The average Bonchev–Trinajstić information content (AvgIpc) is 3.06. The molecule has 0 aromatic carbocycles. The fourth-order valence-corrected chi connectivity index (χ4v) is 3.32. The molecule has 120 valence electrons.